The van der Waals surface area contributed by atoms with Gasteiger partial charge in [-0.05, 0) is 35.6 Å². The molecule has 17 heavy (non-hydrogen) atoms. The second-order valence-electron chi connectivity index (χ2n) is 3.93. The van der Waals surface area contributed by atoms with Crippen molar-refractivity contribution in [3.63, 3.8) is 0 Å². The van der Waals surface area contributed by atoms with Crippen molar-refractivity contribution in [3.8, 4) is 0 Å². The van der Waals surface area contributed by atoms with Crippen molar-refractivity contribution in [2.75, 3.05) is 6.61 Å². The van der Waals surface area contributed by atoms with Crippen LogP contribution in [-0.2, 0) is 6.54 Å². The number of aryl methyl sites for hydroxylation is 1. The summed E-state index contributed by atoms with van der Waals surface area (Å²) in [5, 5.41) is 14.9. The van der Waals surface area contributed by atoms with E-state index in [0.717, 1.165) is 17.7 Å². The molecular formula is C13H16N2OS. The Kier molecular flexibility index (Phi) is 4.25. The van der Waals surface area contributed by atoms with Gasteiger partial charge in [0.1, 0.15) is 0 Å². The van der Waals surface area contributed by atoms with Gasteiger partial charge in [-0.1, -0.05) is 6.07 Å². The summed E-state index contributed by atoms with van der Waals surface area (Å²) in [6.07, 6.45) is 3.59. The second kappa shape index (κ2) is 5.91. The van der Waals surface area contributed by atoms with Gasteiger partial charge in [-0.3, -0.25) is 4.98 Å². The summed E-state index contributed by atoms with van der Waals surface area (Å²) in [7, 11) is 0. The predicted octanol–water partition coefficient (Wildman–Crippen LogP) is 2.27. The number of aliphatic hydroxyl groups excluding tert-OH is 1. The van der Waals surface area contributed by atoms with Crippen molar-refractivity contribution in [2.24, 2.45) is 0 Å². The number of pyridine rings is 1. The Bertz CT molecular complexity index is 456. The predicted molar refractivity (Wildman–Crippen MR) is 70.0 cm³/mol. The number of nitrogens with zero attached hydrogens (tertiary/aromatic N) is 1. The Morgan fingerprint density at radius 3 is 3.00 bits per heavy atom. The number of aliphatic hydroxyl groups is 1. The Labute approximate surface area is 105 Å². The number of hydrogen-bond donors (Lipinski definition) is 2. The molecule has 0 bridgehead atoms. The maximum absolute atomic E-state index is 9.45. The quantitative estimate of drug-likeness (QED) is 0.853. The molecule has 0 fully saturated rings. The van der Waals surface area contributed by atoms with Crippen LogP contribution in [0.3, 0.4) is 0 Å². The summed E-state index contributed by atoms with van der Waals surface area (Å²) in [4.78, 5) is 5.38. The molecule has 3 nitrogen and oxygen atoms in total. The zero-order valence-corrected chi connectivity index (χ0v) is 10.6. The Hall–Kier alpha value is -1.23. The van der Waals surface area contributed by atoms with Crippen LogP contribution in [0.2, 0.25) is 0 Å². The summed E-state index contributed by atoms with van der Waals surface area (Å²) in [6.45, 7) is 2.89. The number of thiophene rings is 1. The number of nitrogens with one attached hydrogen (secondary N) is 1. The molecule has 2 N–H and O–H groups in total. The highest BCUT2D eigenvalue weighted by Crippen LogP contribution is 2.17. The zero-order valence-electron chi connectivity index (χ0n) is 9.76. The fraction of sp³-hybridized carbons (Fsp3) is 0.308. The molecule has 1 atom stereocenters. The Morgan fingerprint density at radius 2 is 2.35 bits per heavy atom. The van der Waals surface area contributed by atoms with Crippen LogP contribution >= 0.6 is 11.3 Å². The first-order valence-corrected chi connectivity index (χ1v) is 6.46. The van der Waals surface area contributed by atoms with Crippen LogP contribution in [0.4, 0.5) is 0 Å². The van der Waals surface area contributed by atoms with Crippen LogP contribution in [0, 0.1) is 6.92 Å². The van der Waals surface area contributed by atoms with Gasteiger partial charge in [0.25, 0.3) is 0 Å². The summed E-state index contributed by atoms with van der Waals surface area (Å²) < 4.78 is 0. The zero-order chi connectivity index (χ0) is 12.1. The Morgan fingerprint density at radius 1 is 1.47 bits per heavy atom. The second-order valence-corrected chi connectivity index (χ2v) is 4.96. The van der Waals surface area contributed by atoms with Crippen LogP contribution in [-0.4, -0.2) is 16.7 Å². The highest BCUT2D eigenvalue weighted by atomic mass is 32.1. The molecular weight excluding hydrogens is 232 g/mol. The van der Waals surface area contributed by atoms with Crippen LogP contribution in [0.5, 0.6) is 0 Å². The van der Waals surface area contributed by atoms with E-state index in [4.69, 9.17) is 0 Å². The highest BCUT2D eigenvalue weighted by molar-refractivity contribution is 7.09. The fourth-order valence-corrected chi connectivity index (χ4v) is 2.41. The third-order valence-electron chi connectivity index (χ3n) is 2.74. The lowest BCUT2D eigenvalue weighted by Gasteiger charge is -2.17. The van der Waals surface area contributed by atoms with Crippen LogP contribution in [0.1, 0.15) is 22.0 Å². The minimum absolute atomic E-state index is 0.0502. The van der Waals surface area contributed by atoms with Gasteiger partial charge in [0.2, 0.25) is 0 Å². The number of rotatable bonds is 5. The fourth-order valence-electron chi connectivity index (χ4n) is 1.75. The standard InChI is InChI=1S/C13H16N2OS/c1-10-4-5-14-8-12(10)13(9-16)15-7-11-3-2-6-17-11/h2-6,8,13,15-16H,7,9H2,1H3. The van der Waals surface area contributed by atoms with Crippen molar-refractivity contribution in [3.05, 3.63) is 52.0 Å². The molecule has 0 saturated heterocycles. The van der Waals surface area contributed by atoms with E-state index < -0.39 is 0 Å². The van der Waals surface area contributed by atoms with Gasteiger partial charge >= 0.3 is 0 Å². The lowest BCUT2D eigenvalue weighted by atomic mass is 10.0. The average molecular weight is 248 g/mol. The van der Waals surface area contributed by atoms with Crippen molar-refractivity contribution < 1.29 is 5.11 Å². The Balaban J connectivity index is 2.04. The van der Waals surface area contributed by atoms with Crippen molar-refractivity contribution in [1.82, 2.24) is 10.3 Å². The van der Waals surface area contributed by atoms with Crippen LogP contribution in [0.25, 0.3) is 0 Å². The normalized spacial score (nSPS) is 12.6. The molecule has 0 aliphatic rings. The summed E-state index contributed by atoms with van der Waals surface area (Å²) in [5.74, 6) is 0. The molecule has 2 aromatic heterocycles. The summed E-state index contributed by atoms with van der Waals surface area (Å²) in [5.41, 5.74) is 2.21. The molecule has 90 valence electrons. The molecule has 0 radical (unpaired) electrons. The first kappa shape index (κ1) is 12.2. The summed E-state index contributed by atoms with van der Waals surface area (Å²) >= 11 is 1.72. The largest absolute Gasteiger partial charge is 0.394 e. The van der Waals surface area contributed by atoms with Gasteiger partial charge < -0.3 is 10.4 Å². The van der Waals surface area contributed by atoms with E-state index in [1.165, 1.54) is 4.88 Å². The van der Waals surface area contributed by atoms with E-state index >= 15 is 0 Å². The van der Waals surface area contributed by atoms with Gasteiger partial charge in [0.05, 0.1) is 12.6 Å². The van der Waals surface area contributed by atoms with E-state index in [2.05, 4.69) is 21.7 Å². The van der Waals surface area contributed by atoms with E-state index in [0.29, 0.717) is 0 Å². The summed E-state index contributed by atoms with van der Waals surface area (Å²) in [6, 6.07) is 6.03. The molecule has 2 aromatic rings. The third kappa shape index (κ3) is 3.12. The molecule has 0 amide bonds. The minimum atomic E-state index is -0.0502. The van der Waals surface area contributed by atoms with Crippen LogP contribution < -0.4 is 5.32 Å². The van der Waals surface area contributed by atoms with Crippen LogP contribution in [0.15, 0.2) is 36.0 Å². The molecule has 0 aromatic carbocycles. The molecule has 0 saturated carbocycles. The highest BCUT2D eigenvalue weighted by Gasteiger charge is 2.12. The number of aromatic nitrogens is 1. The van der Waals surface area contributed by atoms with E-state index in [-0.39, 0.29) is 12.6 Å². The lowest BCUT2D eigenvalue weighted by molar-refractivity contribution is 0.243. The molecule has 2 heterocycles. The topological polar surface area (TPSA) is 45.2 Å². The monoisotopic (exact) mass is 248 g/mol. The first-order chi connectivity index (χ1) is 8.31. The first-order valence-electron chi connectivity index (χ1n) is 5.58. The van der Waals surface area contributed by atoms with E-state index in [1.807, 2.05) is 25.3 Å². The molecule has 0 aliphatic carbocycles. The van der Waals surface area contributed by atoms with Crippen molar-refractivity contribution >= 4 is 11.3 Å². The van der Waals surface area contributed by atoms with Gasteiger partial charge in [-0.15, -0.1) is 11.3 Å². The molecule has 1 unspecified atom stereocenters. The van der Waals surface area contributed by atoms with Crippen molar-refractivity contribution in [1.29, 1.82) is 0 Å². The maximum atomic E-state index is 9.45. The third-order valence-corrected chi connectivity index (χ3v) is 3.62. The molecule has 0 spiro atoms. The van der Waals surface area contributed by atoms with E-state index in [9.17, 15) is 5.11 Å². The molecule has 4 heteroatoms. The van der Waals surface area contributed by atoms with Gasteiger partial charge in [0.15, 0.2) is 0 Å². The van der Waals surface area contributed by atoms with Gasteiger partial charge in [-0.2, -0.15) is 0 Å². The molecule has 2 rings (SSSR count). The maximum Gasteiger partial charge on any atom is 0.0627 e. The minimum Gasteiger partial charge on any atom is -0.394 e. The van der Waals surface area contributed by atoms with Crippen molar-refractivity contribution in [2.45, 2.75) is 19.5 Å². The lowest BCUT2D eigenvalue weighted by Crippen LogP contribution is -2.24. The van der Waals surface area contributed by atoms with E-state index in [1.54, 1.807) is 17.5 Å². The SMILES string of the molecule is Cc1ccncc1C(CO)NCc1cccs1. The average Bonchev–Trinajstić information content (AvgIpc) is 2.85. The molecule has 0 aliphatic heterocycles. The number of hydrogen-bond acceptors (Lipinski definition) is 4. The van der Waals surface area contributed by atoms with Gasteiger partial charge in [-0.25, -0.2) is 0 Å². The smallest absolute Gasteiger partial charge is 0.0627 e. The van der Waals surface area contributed by atoms with Gasteiger partial charge in [0, 0.05) is 23.8 Å².